The molecule has 2 aliphatic rings. The molecule has 1 heteroatoms. The van der Waals surface area contributed by atoms with Crippen LogP contribution in [0.2, 0.25) is 0 Å². The topological polar surface area (TPSA) is 12.0 Å². The molecule has 0 aromatic rings. The Labute approximate surface area is 69.6 Å². The summed E-state index contributed by atoms with van der Waals surface area (Å²) in [6, 6.07) is 0.897. The van der Waals surface area contributed by atoms with Gasteiger partial charge in [-0.2, -0.15) is 0 Å². The molecular weight excluding hydrogens is 134 g/mol. The Morgan fingerprint density at radius 2 is 2.18 bits per heavy atom. The van der Waals surface area contributed by atoms with E-state index in [-0.39, 0.29) is 0 Å². The van der Waals surface area contributed by atoms with Gasteiger partial charge in [-0.3, -0.25) is 0 Å². The van der Waals surface area contributed by atoms with Gasteiger partial charge in [-0.25, -0.2) is 0 Å². The van der Waals surface area contributed by atoms with Crippen LogP contribution in [-0.4, -0.2) is 12.6 Å². The molecule has 0 saturated heterocycles. The Morgan fingerprint density at radius 3 is 2.73 bits per heavy atom. The van der Waals surface area contributed by atoms with E-state index in [1.54, 1.807) is 0 Å². The molecular formula is C10H19N. The van der Waals surface area contributed by atoms with Crippen LogP contribution in [-0.2, 0) is 0 Å². The van der Waals surface area contributed by atoms with E-state index in [0.29, 0.717) is 0 Å². The minimum absolute atomic E-state index is 0.897. The van der Waals surface area contributed by atoms with Crippen molar-refractivity contribution in [3.8, 4) is 0 Å². The number of hydrogen-bond donors (Lipinski definition) is 1. The van der Waals surface area contributed by atoms with Gasteiger partial charge in [-0.15, -0.1) is 0 Å². The van der Waals surface area contributed by atoms with Gasteiger partial charge in [0.2, 0.25) is 0 Å². The molecule has 0 unspecified atom stereocenters. The second kappa shape index (κ2) is 3.14. The third-order valence-electron chi connectivity index (χ3n) is 3.39. The van der Waals surface area contributed by atoms with Crippen LogP contribution < -0.4 is 5.32 Å². The zero-order valence-electron chi connectivity index (χ0n) is 7.47. The molecule has 0 radical (unpaired) electrons. The van der Waals surface area contributed by atoms with Crippen molar-refractivity contribution in [1.82, 2.24) is 5.32 Å². The molecule has 0 aliphatic heterocycles. The summed E-state index contributed by atoms with van der Waals surface area (Å²) < 4.78 is 0. The van der Waals surface area contributed by atoms with Gasteiger partial charge in [-0.05, 0) is 44.1 Å². The molecule has 2 saturated carbocycles. The van der Waals surface area contributed by atoms with Crippen LogP contribution in [0.1, 0.15) is 39.0 Å². The number of rotatable bonds is 3. The smallest absolute Gasteiger partial charge is 0.00980 e. The quantitative estimate of drug-likeness (QED) is 0.655. The standard InChI is InChI=1S/C10H19N/c1-2-5-11-10-7-8-3-4-9(10)6-8/h8-11H,2-7H2,1H3/t8-,9-,10+/m0/s1. The lowest BCUT2D eigenvalue weighted by Crippen LogP contribution is -2.34. The minimum Gasteiger partial charge on any atom is -0.314 e. The third-order valence-corrected chi connectivity index (χ3v) is 3.39. The van der Waals surface area contributed by atoms with Crippen LogP contribution >= 0.6 is 0 Å². The van der Waals surface area contributed by atoms with Gasteiger partial charge < -0.3 is 5.32 Å². The van der Waals surface area contributed by atoms with Crippen LogP contribution in [0.15, 0.2) is 0 Å². The number of nitrogens with one attached hydrogen (secondary N) is 1. The van der Waals surface area contributed by atoms with Crippen LogP contribution in [0.5, 0.6) is 0 Å². The first-order valence-electron chi connectivity index (χ1n) is 5.13. The molecule has 1 nitrogen and oxygen atoms in total. The second-order valence-electron chi connectivity index (χ2n) is 4.24. The van der Waals surface area contributed by atoms with E-state index in [1.165, 1.54) is 38.6 Å². The molecule has 2 bridgehead atoms. The van der Waals surface area contributed by atoms with Crippen molar-refractivity contribution >= 4 is 0 Å². The van der Waals surface area contributed by atoms with Crippen LogP contribution in [0.25, 0.3) is 0 Å². The highest BCUT2D eigenvalue weighted by molar-refractivity contribution is 4.93. The van der Waals surface area contributed by atoms with Crippen molar-refractivity contribution in [3.63, 3.8) is 0 Å². The van der Waals surface area contributed by atoms with E-state index in [2.05, 4.69) is 12.2 Å². The third kappa shape index (κ3) is 1.44. The zero-order chi connectivity index (χ0) is 7.68. The molecule has 0 spiro atoms. The zero-order valence-corrected chi connectivity index (χ0v) is 7.47. The lowest BCUT2D eigenvalue weighted by molar-refractivity contribution is 0.353. The van der Waals surface area contributed by atoms with Crippen molar-refractivity contribution in [2.24, 2.45) is 11.8 Å². The lowest BCUT2D eigenvalue weighted by Gasteiger charge is -2.22. The van der Waals surface area contributed by atoms with Crippen molar-refractivity contribution < 1.29 is 0 Å². The van der Waals surface area contributed by atoms with E-state index >= 15 is 0 Å². The summed E-state index contributed by atoms with van der Waals surface area (Å²) >= 11 is 0. The van der Waals surface area contributed by atoms with Gasteiger partial charge in [0.15, 0.2) is 0 Å². The summed E-state index contributed by atoms with van der Waals surface area (Å²) in [4.78, 5) is 0. The van der Waals surface area contributed by atoms with Gasteiger partial charge in [-0.1, -0.05) is 13.3 Å². The van der Waals surface area contributed by atoms with Crippen LogP contribution in [0.3, 0.4) is 0 Å². The Hall–Kier alpha value is -0.0400. The molecule has 2 rings (SSSR count). The Balaban J connectivity index is 1.78. The van der Waals surface area contributed by atoms with Crippen molar-refractivity contribution in [1.29, 1.82) is 0 Å². The van der Waals surface area contributed by atoms with Gasteiger partial charge >= 0.3 is 0 Å². The molecule has 2 aliphatic carbocycles. The molecule has 11 heavy (non-hydrogen) atoms. The molecule has 0 aromatic carbocycles. The predicted molar refractivity (Wildman–Crippen MR) is 47.5 cm³/mol. The molecule has 0 aromatic heterocycles. The lowest BCUT2D eigenvalue weighted by atomic mass is 9.95. The normalized spacial score (nSPS) is 41.7. The molecule has 0 amide bonds. The van der Waals surface area contributed by atoms with E-state index in [1.807, 2.05) is 0 Å². The Morgan fingerprint density at radius 1 is 1.27 bits per heavy atom. The first-order valence-corrected chi connectivity index (χ1v) is 5.13. The first kappa shape index (κ1) is 7.60. The molecule has 3 atom stereocenters. The predicted octanol–water partition coefficient (Wildman–Crippen LogP) is 2.17. The van der Waals surface area contributed by atoms with E-state index in [0.717, 1.165) is 17.9 Å². The first-order chi connectivity index (χ1) is 5.40. The van der Waals surface area contributed by atoms with Gasteiger partial charge in [0.25, 0.3) is 0 Å². The maximum atomic E-state index is 3.66. The highest BCUT2D eigenvalue weighted by Gasteiger charge is 2.38. The summed E-state index contributed by atoms with van der Waals surface area (Å²) in [5.74, 6) is 2.14. The molecule has 64 valence electrons. The summed E-state index contributed by atoms with van der Waals surface area (Å²) in [6.07, 6.45) is 7.32. The van der Waals surface area contributed by atoms with Gasteiger partial charge in [0.1, 0.15) is 0 Å². The van der Waals surface area contributed by atoms with Crippen molar-refractivity contribution in [2.45, 2.75) is 45.1 Å². The minimum atomic E-state index is 0.897. The van der Waals surface area contributed by atoms with Crippen molar-refractivity contribution in [2.75, 3.05) is 6.54 Å². The summed E-state index contributed by atoms with van der Waals surface area (Å²) in [7, 11) is 0. The maximum Gasteiger partial charge on any atom is 0.00980 e. The molecule has 0 heterocycles. The van der Waals surface area contributed by atoms with E-state index in [4.69, 9.17) is 0 Å². The van der Waals surface area contributed by atoms with Gasteiger partial charge in [0, 0.05) is 6.04 Å². The largest absolute Gasteiger partial charge is 0.314 e. The monoisotopic (exact) mass is 153 g/mol. The summed E-state index contributed by atoms with van der Waals surface area (Å²) in [5, 5.41) is 3.66. The molecule has 1 N–H and O–H groups in total. The van der Waals surface area contributed by atoms with Crippen molar-refractivity contribution in [3.05, 3.63) is 0 Å². The summed E-state index contributed by atoms with van der Waals surface area (Å²) in [6.45, 7) is 3.48. The summed E-state index contributed by atoms with van der Waals surface area (Å²) in [5.41, 5.74) is 0. The number of fused-ring (bicyclic) bond motifs is 2. The van der Waals surface area contributed by atoms with Gasteiger partial charge in [0.05, 0.1) is 0 Å². The average Bonchev–Trinajstić information content (AvgIpc) is 2.60. The SMILES string of the molecule is CCCN[C@@H]1C[C@H]2CC[C@H]1C2. The maximum absolute atomic E-state index is 3.66. The van der Waals surface area contributed by atoms with Crippen LogP contribution in [0.4, 0.5) is 0 Å². The average molecular weight is 153 g/mol. The number of hydrogen-bond acceptors (Lipinski definition) is 1. The molecule has 2 fully saturated rings. The highest BCUT2D eigenvalue weighted by atomic mass is 14.9. The van der Waals surface area contributed by atoms with Crippen LogP contribution in [0, 0.1) is 11.8 Å². The highest BCUT2D eigenvalue weighted by Crippen LogP contribution is 2.44. The Bertz CT molecular complexity index is 133. The Kier molecular flexibility index (Phi) is 2.17. The van der Waals surface area contributed by atoms with E-state index < -0.39 is 0 Å². The second-order valence-corrected chi connectivity index (χ2v) is 4.24. The fourth-order valence-electron chi connectivity index (χ4n) is 2.82. The fourth-order valence-corrected chi connectivity index (χ4v) is 2.82. The van der Waals surface area contributed by atoms with E-state index in [9.17, 15) is 0 Å². The fraction of sp³-hybridized carbons (Fsp3) is 1.00.